The van der Waals surface area contributed by atoms with Crippen molar-refractivity contribution in [3.05, 3.63) is 35.9 Å². The summed E-state index contributed by atoms with van der Waals surface area (Å²) in [5.41, 5.74) is 7.40. The number of guanidine groups is 1. The van der Waals surface area contributed by atoms with Crippen LogP contribution >= 0.6 is 24.0 Å². The number of ether oxygens (including phenoxy) is 1. The van der Waals surface area contributed by atoms with Gasteiger partial charge in [0.15, 0.2) is 5.96 Å². The van der Waals surface area contributed by atoms with Crippen LogP contribution in [0.3, 0.4) is 0 Å². The lowest BCUT2D eigenvalue weighted by molar-refractivity contribution is 0.114. The van der Waals surface area contributed by atoms with Crippen LogP contribution < -0.4 is 11.1 Å². The second-order valence-electron chi connectivity index (χ2n) is 6.85. The van der Waals surface area contributed by atoms with Crippen molar-refractivity contribution in [2.75, 3.05) is 26.2 Å². The van der Waals surface area contributed by atoms with E-state index >= 15 is 0 Å². The van der Waals surface area contributed by atoms with Gasteiger partial charge >= 0.3 is 0 Å². The van der Waals surface area contributed by atoms with Crippen LogP contribution in [0.4, 0.5) is 0 Å². The van der Waals surface area contributed by atoms with Crippen LogP contribution in [0.25, 0.3) is 0 Å². The topological polar surface area (TPSA) is 62.9 Å². The zero-order valence-corrected chi connectivity index (χ0v) is 17.2. The second kappa shape index (κ2) is 11.0. The van der Waals surface area contributed by atoms with Crippen LogP contribution in [-0.4, -0.2) is 49.2 Å². The fourth-order valence-electron chi connectivity index (χ4n) is 3.58. The van der Waals surface area contributed by atoms with Crippen molar-refractivity contribution in [3.8, 4) is 0 Å². The number of likely N-dealkylation sites (tertiary alicyclic amines) is 1. The molecule has 6 heteroatoms. The third-order valence-electron chi connectivity index (χ3n) is 4.98. The van der Waals surface area contributed by atoms with Crippen LogP contribution in [-0.2, 0) is 11.3 Å². The van der Waals surface area contributed by atoms with Crippen molar-refractivity contribution in [3.63, 3.8) is 0 Å². The first-order chi connectivity index (χ1) is 11.8. The second-order valence-corrected chi connectivity index (χ2v) is 6.85. The molecule has 2 unspecified atom stereocenters. The van der Waals surface area contributed by atoms with E-state index in [1.54, 1.807) is 0 Å². The molecule has 3 rings (SSSR count). The summed E-state index contributed by atoms with van der Waals surface area (Å²) in [4.78, 5) is 7.14. The Kier molecular flexibility index (Phi) is 8.98. The fraction of sp³-hybridized carbons (Fsp3) is 0.632. The minimum Gasteiger partial charge on any atom is -0.376 e. The van der Waals surface area contributed by atoms with E-state index < -0.39 is 0 Å². The molecule has 0 spiro atoms. The first-order valence-corrected chi connectivity index (χ1v) is 9.24. The number of nitrogens with two attached hydrogens (primary N) is 1. The first kappa shape index (κ1) is 20.5. The van der Waals surface area contributed by atoms with Crippen molar-refractivity contribution in [2.45, 2.75) is 50.8 Å². The van der Waals surface area contributed by atoms with E-state index in [2.05, 4.69) is 45.5 Å². The van der Waals surface area contributed by atoms with Crippen LogP contribution in [0.15, 0.2) is 35.3 Å². The average molecular weight is 458 g/mol. The van der Waals surface area contributed by atoms with Crippen LogP contribution in [0.2, 0.25) is 0 Å². The lowest BCUT2D eigenvalue weighted by atomic mass is 10.0. The Hall–Kier alpha value is -0.860. The zero-order valence-electron chi connectivity index (χ0n) is 14.9. The summed E-state index contributed by atoms with van der Waals surface area (Å²) in [6, 6.07) is 11.2. The molecule has 2 aliphatic rings. The average Bonchev–Trinajstić information content (AvgIpc) is 3.14. The molecule has 0 radical (unpaired) electrons. The van der Waals surface area contributed by atoms with Gasteiger partial charge in [0.05, 0.1) is 12.6 Å². The van der Waals surface area contributed by atoms with E-state index in [9.17, 15) is 0 Å². The normalized spacial score (nSPS) is 24.7. The largest absolute Gasteiger partial charge is 0.376 e. The molecule has 5 nitrogen and oxygen atoms in total. The maximum Gasteiger partial charge on any atom is 0.188 e. The van der Waals surface area contributed by atoms with Gasteiger partial charge in [0.25, 0.3) is 0 Å². The number of hydrogen-bond acceptors (Lipinski definition) is 3. The maximum atomic E-state index is 6.03. The van der Waals surface area contributed by atoms with Gasteiger partial charge in [0.2, 0.25) is 0 Å². The Balaban J connectivity index is 0.00000225. The van der Waals surface area contributed by atoms with Gasteiger partial charge in [0.1, 0.15) is 0 Å². The van der Waals surface area contributed by atoms with E-state index in [1.807, 2.05) is 0 Å². The molecule has 2 heterocycles. The van der Waals surface area contributed by atoms with E-state index in [0.717, 1.165) is 45.6 Å². The van der Waals surface area contributed by atoms with E-state index in [4.69, 9.17) is 10.5 Å². The molecular weight excluding hydrogens is 427 g/mol. The molecule has 2 saturated heterocycles. The third-order valence-corrected chi connectivity index (χ3v) is 4.98. The number of hydrogen-bond donors (Lipinski definition) is 2. The SMILES string of the molecule is I.NC(=NCC1CCCCN1Cc1ccccc1)NCC1CCCO1. The quantitative estimate of drug-likeness (QED) is 0.391. The van der Waals surface area contributed by atoms with Gasteiger partial charge in [-0.05, 0) is 37.8 Å². The van der Waals surface area contributed by atoms with Crippen LogP contribution in [0.5, 0.6) is 0 Å². The monoisotopic (exact) mass is 458 g/mol. The summed E-state index contributed by atoms with van der Waals surface area (Å²) >= 11 is 0. The molecule has 0 aromatic heterocycles. The summed E-state index contributed by atoms with van der Waals surface area (Å²) in [6.07, 6.45) is 6.33. The van der Waals surface area contributed by atoms with Crippen LogP contribution in [0, 0.1) is 0 Å². The molecule has 25 heavy (non-hydrogen) atoms. The van der Waals surface area contributed by atoms with Crippen LogP contribution in [0.1, 0.15) is 37.7 Å². The molecule has 0 saturated carbocycles. The summed E-state index contributed by atoms with van der Waals surface area (Å²) in [7, 11) is 0. The molecular formula is C19H31IN4O. The molecule has 2 fully saturated rings. The highest BCUT2D eigenvalue weighted by molar-refractivity contribution is 14.0. The molecule has 1 aromatic carbocycles. The molecule has 0 bridgehead atoms. The van der Waals surface area contributed by atoms with Gasteiger partial charge in [-0.3, -0.25) is 9.89 Å². The van der Waals surface area contributed by atoms with Crippen molar-refractivity contribution >= 4 is 29.9 Å². The lowest BCUT2D eigenvalue weighted by Gasteiger charge is -2.35. The number of aliphatic imine (C=N–C) groups is 1. The molecule has 0 amide bonds. The number of rotatable bonds is 6. The zero-order chi connectivity index (χ0) is 16.6. The molecule has 3 N–H and O–H groups in total. The summed E-state index contributed by atoms with van der Waals surface area (Å²) in [5.74, 6) is 0.552. The molecule has 2 atom stereocenters. The Morgan fingerprint density at radius 1 is 1.20 bits per heavy atom. The van der Waals surface area contributed by atoms with E-state index in [-0.39, 0.29) is 24.0 Å². The van der Waals surface area contributed by atoms with Gasteiger partial charge in [-0.2, -0.15) is 0 Å². The van der Waals surface area contributed by atoms with Crippen molar-refractivity contribution in [1.29, 1.82) is 0 Å². The lowest BCUT2D eigenvalue weighted by Crippen LogP contribution is -2.42. The Labute approximate surface area is 168 Å². The Morgan fingerprint density at radius 2 is 2.04 bits per heavy atom. The molecule has 2 aliphatic heterocycles. The predicted octanol–water partition coefficient (Wildman–Crippen LogP) is 2.74. The van der Waals surface area contributed by atoms with Crippen molar-refractivity contribution < 1.29 is 4.74 Å². The van der Waals surface area contributed by atoms with Crippen molar-refractivity contribution in [2.24, 2.45) is 10.7 Å². The number of nitrogens with one attached hydrogen (secondary N) is 1. The summed E-state index contributed by atoms with van der Waals surface area (Å²) in [5, 5.41) is 3.21. The molecule has 1 aromatic rings. The van der Waals surface area contributed by atoms with Gasteiger partial charge in [-0.1, -0.05) is 36.8 Å². The van der Waals surface area contributed by atoms with Crippen molar-refractivity contribution in [1.82, 2.24) is 10.2 Å². The van der Waals surface area contributed by atoms with E-state index in [0.29, 0.717) is 18.1 Å². The number of halogens is 1. The number of benzene rings is 1. The molecule has 0 aliphatic carbocycles. The number of piperidine rings is 1. The van der Waals surface area contributed by atoms with Gasteiger partial charge < -0.3 is 15.8 Å². The fourth-order valence-corrected chi connectivity index (χ4v) is 3.58. The van der Waals surface area contributed by atoms with Gasteiger partial charge in [-0.25, -0.2) is 0 Å². The predicted molar refractivity (Wildman–Crippen MR) is 113 cm³/mol. The smallest absolute Gasteiger partial charge is 0.188 e. The standard InChI is InChI=1S/C19H30N4O.HI/c20-19(22-14-18-10-6-12-24-18)21-13-17-9-4-5-11-23(17)15-16-7-2-1-3-8-16;/h1-3,7-8,17-18H,4-6,9-15H2,(H3,20,21,22);1H. The highest BCUT2D eigenvalue weighted by atomic mass is 127. The van der Waals surface area contributed by atoms with Gasteiger partial charge in [0, 0.05) is 25.7 Å². The van der Waals surface area contributed by atoms with Gasteiger partial charge in [-0.15, -0.1) is 24.0 Å². The Morgan fingerprint density at radius 3 is 2.80 bits per heavy atom. The first-order valence-electron chi connectivity index (χ1n) is 9.24. The minimum absolute atomic E-state index is 0. The highest BCUT2D eigenvalue weighted by Gasteiger charge is 2.22. The minimum atomic E-state index is 0. The maximum absolute atomic E-state index is 6.03. The highest BCUT2D eigenvalue weighted by Crippen LogP contribution is 2.20. The number of nitrogens with zero attached hydrogens (tertiary/aromatic N) is 2. The summed E-state index contributed by atoms with van der Waals surface area (Å²) < 4.78 is 5.60. The van der Waals surface area contributed by atoms with E-state index in [1.165, 1.54) is 24.8 Å². The molecule has 140 valence electrons. The third kappa shape index (κ3) is 6.75. The Bertz CT molecular complexity index is 519. The summed E-state index contributed by atoms with van der Waals surface area (Å²) in [6.45, 7) is 4.58.